The Labute approximate surface area is 112 Å². The fourth-order valence-electron chi connectivity index (χ4n) is 1.27. The summed E-state index contributed by atoms with van der Waals surface area (Å²) in [5.41, 5.74) is 6.60. The molecule has 0 aliphatic carbocycles. The molecule has 0 aliphatic rings. The molecular weight excluding hydrogens is 306 g/mol. The van der Waals surface area contributed by atoms with Crippen molar-refractivity contribution in [1.29, 1.82) is 0 Å². The third-order valence-electron chi connectivity index (χ3n) is 2.00. The molecule has 2 aromatic carbocycles. The van der Waals surface area contributed by atoms with Gasteiger partial charge in [-0.3, -0.25) is 0 Å². The highest BCUT2D eigenvalue weighted by molar-refractivity contribution is 9.10. The van der Waals surface area contributed by atoms with Gasteiger partial charge in [0.05, 0.1) is 0 Å². The van der Waals surface area contributed by atoms with E-state index < -0.39 is 0 Å². The monoisotopic (exact) mass is 313 g/mol. The quantitative estimate of drug-likeness (QED) is 0.803. The summed E-state index contributed by atoms with van der Waals surface area (Å²) in [6, 6.07) is 13.6. The van der Waals surface area contributed by atoms with Crippen molar-refractivity contribution in [2.75, 3.05) is 5.73 Å². The molecule has 0 heterocycles. The maximum Gasteiger partial charge on any atom is 0.0470 e. The maximum absolute atomic E-state index is 5.89. The smallest absolute Gasteiger partial charge is 0.0470 e. The number of nitrogen functional groups attached to an aromatic ring is 1. The molecule has 2 rings (SSSR count). The first-order valence-electron chi connectivity index (χ1n) is 4.63. The van der Waals surface area contributed by atoms with Gasteiger partial charge in [-0.05, 0) is 36.4 Å². The zero-order chi connectivity index (χ0) is 11.5. The van der Waals surface area contributed by atoms with Crippen LogP contribution in [0.25, 0.3) is 0 Å². The van der Waals surface area contributed by atoms with Gasteiger partial charge in [-0.1, -0.05) is 45.4 Å². The molecule has 0 fully saturated rings. The van der Waals surface area contributed by atoms with Crippen LogP contribution in [0, 0.1) is 0 Å². The lowest BCUT2D eigenvalue weighted by molar-refractivity contribution is 1.39. The van der Waals surface area contributed by atoms with Crippen LogP contribution in [-0.2, 0) is 0 Å². The second-order valence-corrected chi connectivity index (χ2v) is 5.71. The van der Waals surface area contributed by atoms with E-state index in [0.717, 1.165) is 14.3 Å². The second kappa shape index (κ2) is 5.13. The lowest BCUT2D eigenvalue weighted by Crippen LogP contribution is -1.87. The fourth-order valence-corrected chi connectivity index (χ4v) is 2.90. The average Bonchev–Trinajstić information content (AvgIpc) is 2.22. The second-order valence-electron chi connectivity index (χ2n) is 3.24. The molecule has 0 saturated carbocycles. The lowest BCUT2D eigenvalue weighted by Gasteiger charge is -2.05. The summed E-state index contributed by atoms with van der Waals surface area (Å²) in [4.78, 5) is 2.16. The van der Waals surface area contributed by atoms with E-state index in [1.54, 1.807) is 17.8 Å². The summed E-state index contributed by atoms with van der Waals surface area (Å²) in [6.07, 6.45) is 0. The van der Waals surface area contributed by atoms with Crippen molar-refractivity contribution in [1.82, 2.24) is 0 Å². The van der Waals surface area contributed by atoms with Gasteiger partial charge >= 0.3 is 0 Å². The molecule has 0 amide bonds. The van der Waals surface area contributed by atoms with Crippen LogP contribution in [0.1, 0.15) is 0 Å². The summed E-state index contributed by atoms with van der Waals surface area (Å²) >= 11 is 10.9. The van der Waals surface area contributed by atoms with Gasteiger partial charge in [-0.15, -0.1) is 0 Å². The molecule has 82 valence electrons. The minimum Gasteiger partial charge on any atom is -0.398 e. The van der Waals surface area contributed by atoms with Crippen molar-refractivity contribution in [2.45, 2.75) is 9.79 Å². The number of rotatable bonds is 2. The molecule has 0 unspecified atom stereocenters. The molecule has 4 heteroatoms. The van der Waals surface area contributed by atoms with Crippen LogP contribution in [0.3, 0.4) is 0 Å². The maximum atomic E-state index is 5.89. The normalized spacial score (nSPS) is 10.4. The number of benzene rings is 2. The largest absolute Gasteiger partial charge is 0.398 e. The first-order valence-corrected chi connectivity index (χ1v) is 6.62. The first-order chi connectivity index (χ1) is 7.65. The van der Waals surface area contributed by atoms with Crippen molar-refractivity contribution in [3.05, 3.63) is 52.0 Å². The summed E-state index contributed by atoms with van der Waals surface area (Å²) < 4.78 is 1.06. The Morgan fingerprint density at radius 3 is 2.62 bits per heavy atom. The Bertz CT molecular complexity index is 516. The van der Waals surface area contributed by atoms with E-state index in [-0.39, 0.29) is 0 Å². The van der Waals surface area contributed by atoms with Crippen molar-refractivity contribution in [3.8, 4) is 0 Å². The van der Waals surface area contributed by atoms with Crippen molar-refractivity contribution >= 4 is 45.0 Å². The highest BCUT2D eigenvalue weighted by atomic mass is 79.9. The average molecular weight is 315 g/mol. The van der Waals surface area contributed by atoms with Gasteiger partial charge in [-0.2, -0.15) is 0 Å². The SMILES string of the molecule is Nc1cc(Cl)ccc1Sc1cccc(Br)c1. The fraction of sp³-hybridized carbons (Fsp3) is 0. The molecule has 16 heavy (non-hydrogen) atoms. The highest BCUT2D eigenvalue weighted by Crippen LogP contribution is 2.34. The minimum absolute atomic E-state index is 0.663. The third kappa shape index (κ3) is 2.94. The molecule has 0 radical (unpaired) electrons. The number of hydrogen-bond donors (Lipinski definition) is 1. The summed E-state index contributed by atoms with van der Waals surface area (Å²) in [5.74, 6) is 0. The van der Waals surface area contributed by atoms with E-state index in [4.69, 9.17) is 17.3 Å². The minimum atomic E-state index is 0.663. The van der Waals surface area contributed by atoms with Crippen LogP contribution < -0.4 is 5.73 Å². The standard InChI is InChI=1S/C12H9BrClNS/c13-8-2-1-3-10(6-8)16-12-5-4-9(14)7-11(12)15/h1-7H,15H2. The Kier molecular flexibility index (Phi) is 3.79. The summed E-state index contributed by atoms with van der Waals surface area (Å²) in [7, 11) is 0. The van der Waals surface area contributed by atoms with Crippen LogP contribution in [-0.4, -0.2) is 0 Å². The van der Waals surface area contributed by atoms with E-state index in [0.29, 0.717) is 10.7 Å². The molecule has 0 aromatic heterocycles. The molecule has 2 aromatic rings. The van der Waals surface area contributed by atoms with E-state index in [1.807, 2.05) is 30.3 Å². The zero-order valence-corrected chi connectivity index (χ0v) is 11.4. The molecule has 0 bridgehead atoms. The van der Waals surface area contributed by atoms with Gasteiger partial charge in [0.1, 0.15) is 0 Å². The van der Waals surface area contributed by atoms with Crippen LogP contribution in [0.4, 0.5) is 5.69 Å². The van der Waals surface area contributed by atoms with Gasteiger partial charge in [0.15, 0.2) is 0 Å². The number of nitrogens with two attached hydrogens (primary N) is 1. The number of hydrogen-bond acceptors (Lipinski definition) is 2. The van der Waals surface area contributed by atoms with Gasteiger partial charge in [0.2, 0.25) is 0 Å². The third-order valence-corrected chi connectivity index (χ3v) is 3.81. The highest BCUT2D eigenvalue weighted by Gasteiger charge is 2.02. The lowest BCUT2D eigenvalue weighted by atomic mass is 10.3. The molecule has 0 saturated heterocycles. The van der Waals surface area contributed by atoms with Crippen LogP contribution in [0.5, 0.6) is 0 Å². The van der Waals surface area contributed by atoms with Crippen LogP contribution >= 0.6 is 39.3 Å². The molecule has 0 spiro atoms. The van der Waals surface area contributed by atoms with E-state index in [2.05, 4.69) is 22.0 Å². The summed E-state index contributed by atoms with van der Waals surface area (Å²) in [5, 5.41) is 0.663. The molecular formula is C12H9BrClNS. The van der Waals surface area contributed by atoms with Crippen LogP contribution in [0.15, 0.2) is 56.7 Å². The van der Waals surface area contributed by atoms with Crippen molar-refractivity contribution in [2.24, 2.45) is 0 Å². The number of anilines is 1. The first kappa shape index (κ1) is 11.8. The van der Waals surface area contributed by atoms with Gasteiger partial charge in [0.25, 0.3) is 0 Å². The number of halogens is 2. The topological polar surface area (TPSA) is 26.0 Å². The van der Waals surface area contributed by atoms with Gasteiger partial charge in [-0.25, -0.2) is 0 Å². The van der Waals surface area contributed by atoms with Crippen LogP contribution in [0.2, 0.25) is 5.02 Å². The molecule has 1 nitrogen and oxygen atoms in total. The Hall–Kier alpha value is -0.640. The predicted octanol–water partition coefficient (Wildman–Crippen LogP) is 4.84. The zero-order valence-electron chi connectivity index (χ0n) is 8.28. The van der Waals surface area contributed by atoms with Gasteiger partial charge < -0.3 is 5.73 Å². The summed E-state index contributed by atoms with van der Waals surface area (Å²) in [6.45, 7) is 0. The Morgan fingerprint density at radius 1 is 1.12 bits per heavy atom. The van der Waals surface area contributed by atoms with E-state index >= 15 is 0 Å². The van der Waals surface area contributed by atoms with E-state index in [1.165, 1.54) is 0 Å². The van der Waals surface area contributed by atoms with Crippen molar-refractivity contribution in [3.63, 3.8) is 0 Å². The Morgan fingerprint density at radius 2 is 1.94 bits per heavy atom. The van der Waals surface area contributed by atoms with Crippen molar-refractivity contribution < 1.29 is 0 Å². The predicted molar refractivity (Wildman–Crippen MR) is 74.1 cm³/mol. The Balaban J connectivity index is 2.27. The molecule has 0 aliphatic heterocycles. The molecule has 0 atom stereocenters. The molecule has 2 N–H and O–H groups in total. The van der Waals surface area contributed by atoms with Gasteiger partial charge in [0, 0.05) is 25.0 Å². The van der Waals surface area contributed by atoms with E-state index in [9.17, 15) is 0 Å².